The third-order valence-electron chi connectivity index (χ3n) is 7.47. The Labute approximate surface area is 289 Å². The third-order valence-corrected chi connectivity index (χ3v) is 8.84. The number of amides is 2. The van der Waals surface area contributed by atoms with Gasteiger partial charge in [0.1, 0.15) is 17.9 Å². The molecule has 0 unspecified atom stereocenters. The molecule has 0 aliphatic carbocycles. The molecule has 0 saturated carbocycles. The van der Waals surface area contributed by atoms with Crippen LogP contribution in [0.25, 0.3) is 11.2 Å². The van der Waals surface area contributed by atoms with E-state index in [2.05, 4.69) is 45.8 Å². The van der Waals surface area contributed by atoms with Gasteiger partial charge in [0.05, 0.1) is 11.2 Å². The molecule has 0 aliphatic heterocycles. The van der Waals surface area contributed by atoms with Crippen molar-refractivity contribution >= 4 is 50.5 Å². The van der Waals surface area contributed by atoms with Crippen molar-refractivity contribution in [3.63, 3.8) is 0 Å². The molecule has 3 aromatic heterocycles. The Morgan fingerprint density at radius 3 is 2.44 bits per heavy atom. The molecule has 2 aromatic carbocycles. The summed E-state index contributed by atoms with van der Waals surface area (Å²) in [6, 6.07) is 15.4. The quantitative estimate of drug-likeness (QED) is 0.0674. The van der Waals surface area contributed by atoms with E-state index in [1.165, 1.54) is 36.7 Å². The summed E-state index contributed by atoms with van der Waals surface area (Å²) in [6.45, 7) is 3.92. The first-order chi connectivity index (χ1) is 24.1. The van der Waals surface area contributed by atoms with Gasteiger partial charge in [-0.15, -0.1) is 0 Å². The Hall–Kier alpha value is -5.55. The van der Waals surface area contributed by atoms with Gasteiger partial charge < -0.3 is 35.9 Å². The highest BCUT2D eigenvalue weighted by Gasteiger charge is 2.16. The maximum absolute atomic E-state index is 12.5. The number of fused-ring (bicyclic) bond motifs is 1. The van der Waals surface area contributed by atoms with E-state index in [4.69, 9.17) is 15.0 Å². The first kappa shape index (κ1) is 35.7. The molecular formula is C33H40N10O6S. The molecule has 0 atom stereocenters. The first-order valence-corrected chi connectivity index (χ1v) is 17.6. The van der Waals surface area contributed by atoms with Crippen molar-refractivity contribution in [3.8, 4) is 5.88 Å². The maximum Gasteiger partial charge on any atom is 0.263 e. The van der Waals surface area contributed by atoms with Gasteiger partial charge in [-0.3, -0.25) is 14.3 Å². The molecule has 50 heavy (non-hydrogen) atoms. The van der Waals surface area contributed by atoms with E-state index in [-0.39, 0.29) is 28.5 Å². The van der Waals surface area contributed by atoms with Crippen molar-refractivity contribution in [3.05, 3.63) is 77.8 Å². The number of aromatic amines is 1. The van der Waals surface area contributed by atoms with E-state index < -0.39 is 10.0 Å². The van der Waals surface area contributed by atoms with Gasteiger partial charge in [-0.2, -0.15) is 9.97 Å². The molecule has 16 nitrogen and oxygen atoms in total. The molecule has 0 radical (unpaired) electrons. The van der Waals surface area contributed by atoms with Crippen LogP contribution < -0.4 is 31.1 Å². The Morgan fingerprint density at radius 1 is 0.920 bits per heavy atom. The fourth-order valence-electron chi connectivity index (χ4n) is 4.89. The molecule has 0 saturated heterocycles. The number of nitrogens with zero attached hydrogens (tertiary/aromatic N) is 4. The predicted molar refractivity (Wildman–Crippen MR) is 186 cm³/mol. The molecule has 7 N–H and O–H groups in total. The van der Waals surface area contributed by atoms with Crippen molar-refractivity contribution in [1.29, 1.82) is 0 Å². The van der Waals surface area contributed by atoms with Crippen molar-refractivity contribution in [2.24, 2.45) is 0 Å². The molecule has 0 aliphatic rings. The Morgan fingerprint density at radius 2 is 1.68 bits per heavy atom. The van der Waals surface area contributed by atoms with Crippen LogP contribution in [0.1, 0.15) is 55.4 Å². The van der Waals surface area contributed by atoms with Crippen LogP contribution in [-0.4, -0.2) is 58.4 Å². The number of ether oxygens (including phenoxy) is 1. The number of rotatable bonds is 19. The average Bonchev–Trinajstić information content (AvgIpc) is 3.73. The minimum Gasteiger partial charge on any atom is -0.471 e. The van der Waals surface area contributed by atoms with Crippen LogP contribution in [0.4, 0.5) is 17.5 Å². The van der Waals surface area contributed by atoms with E-state index in [0.717, 1.165) is 24.0 Å². The number of hydrogen-bond donors (Lipinski definition) is 6. The van der Waals surface area contributed by atoms with Gasteiger partial charge in [0, 0.05) is 37.7 Å². The van der Waals surface area contributed by atoms with Gasteiger partial charge in [-0.25, -0.2) is 13.4 Å². The zero-order valence-corrected chi connectivity index (χ0v) is 28.4. The highest BCUT2D eigenvalue weighted by Crippen LogP contribution is 2.21. The smallest absolute Gasteiger partial charge is 0.263 e. The summed E-state index contributed by atoms with van der Waals surface area (Å²) in [7, 11) is -3.83. The third kappa shape index (κ3) is 10.7. The molecule has 2 amide bonds. The number of nitrogens with one attached hydrogen (secondary N) is 5. The SMILES string of the molecule is Cc1cc(NS(=O)(=O)c2ccc(NC(=O)CCCCCNC(=O)CCCNCc3ccc(COc4nc(N)nc5nc[nH]c45)cc3)cc2)no1. The van der Waals surface area contributed by atoms with Crippen molar-refractivity contribution in [2.45, 2.75) is 63.5 Å². The number of H-pyrrole nitrogens is 1. The molecule has 5 aromatic rings. The van der Waals surface area contributed by atoms with E-state index >= 15 is 0 Å². The molecule has 0 fully saturated rings. The highest BCUT2D eigenvalue weighted by molar-refractivity contribution is 7.92. The number of hydrogen-bond acceptors (Lipinski definition) is 12. The van der Waals surface area contributed by atoms with E-state index in [9.17, 15) is 18.0 Å². The van der Waals surface area contributed by atoms with Crippen LogP contribution in [0.2, 0.25) is 0 Å². The number of nitrogen functional groups attached to an aromatic ring is 1. The maximum atomic E-state index is 12.5. The standard InChI is InChI=1S/C33H40N10O6S/c1-22-18-27(42-49-22)43-50(46,47)26-14-12-25(13-15-26)39-29(45)6-3-2-4-17-36-28(44)7-5-16-35-19-23-8-10-24(11-9-23)20-48-32-30-31(38-21-37-30)40-33(34)41-32/h8-15,18,21,35H,2-7,16-17,19-20H2,1H3,(H,36,44)(H,39,45)(H,42,43)(H3,34,37,38,40,41). The summed E-state index contributed by atoms with van der Waals surface area (Å²) in [6.07, 6.45) is 5.20. The summed E-state index contributed by atoms with van der Waals surface area (Å²) >= 11 is 0. The Kier molecular flexibility index (Phi) is 12.3. The summed E-state index contributed by atoms with van der Waals surface area (Å²) in [5.74, 6) is 0.866. The fraction of sp³-hybridized carbons (Fsp3) is 0.333. The number of anilines is 3. The van der Waals surface area contributed by atoms with Gasteiger partial charge in [-0.05, 0) is 68.1 Å². The predicted octanol–water partition coefficient (Wildman–Crippen LogP) is 3.80. The van der Waals surface area contributed by atoms with E-state index in [0.29, 0.717) is 80.4 Å². The lowest BCUT2D eigenvalue weighted by Crippen LogP contribution is -2.25. The normalized spacial score (nSPS) is 11.4. The summed E-state index contributed by atoms with van der Waals surface area (Å²) in [5.41, 5.74) is 9.38. The van der Waals surface area contributed by atoms with Crippen LogP contribution in [0.15, 0.2) is 70.3 Å². The molecule has 0 spiro atoms. The molecule has 5 rings (SSSR count). The number of carbonyl (C=O) groups is 2. The largest absolute Gasteiger partial charge is 0.471 e. The molecule has 3 heterocycles. The van der Waals surface area contributed by atoms with Crippen molar-refractivity contribution in [1.82, 2.24) is 35.7 Å². The summed E-state index contributed by atoms with van der Waals surface area (Å²) in [4.78, 5) is 39.8. The van der Waals surface area contributed by atoms with Crippen LogP contribution in [0, 0.1) is 6.92 Å². The number of carbonyl (C=O) groups excluding carboxylic acids is 2. The van der Waals surface area contributed by atoms with Crippen LogP contribution in [0.5, 0.6) is 5.88 Å². The molecule has 0 bridgehead atoms. The molecular weight excluding hydrogens is 664 g/mol. The van der Waals surface area contributed by atoms with Gasteiger partial charge >= 0.3 is 0 Å². The van der Waals surface area contributed by atoms with Gasteiger partial charge in [0.25, 0.3) is 10.0 Å². The molecule has 264 valence electrons. The molecule has 17 heteroatoms. The van der Waals surface area contributed by atoms with Gasteiger partial charge in [-0.1, -0.05) is 35.8 Å². The summed E-state index contributed by atoms with van der Waals surface area (Å²) in [5, 5.41) is 12.7. The number of aromatic nitrogens is 5. The minimum atomic E-state index is -3.83. The second-order valence-electron chi connectivity index (χ2n) is 11.5. The Balaban J connectivity index is 0.874. The zero-order chi connectivity index (χ0) is 35.3. The number of imidazole rings is 1. The van der Waals surface area contributed by atoms with Crippen LogP contribution in [0.3, 0.4) is 0 Å². The monoisotopic (exact) mass is 704 g/mol. The zero-order valence-electron chi connectivity index (χ0n) is 27.6. The number of benzene rings is 2. The van der Waals surface area contributed by atoms with Gasteiger partial charge in [0.2, 0.25) is 23.6 Å². The summed E-state index contributed by atoms with van der Waals surface area (Å²) < 4.78 is 38.0. The van der Waals surface area contributed by atoms with Crippen LogP contribution in [-0.2, 0) is 32.8 Å². The van der Waals surface area contributed by atoms with Crippen LogP contribution >= 0.6 is 0 Å². The lowest BCUT2D eigenvalue weighted by atomic mass is 10.1. The second-order valence-corrected chi connectivity index (χ2v) is 13.2. The highest BCUT2D eigenvalue weighted by atomic mass is 32.2. The average molecular weight is 705 g/mol. The first-order valence-electron chi connectivity index (χ1n) is 16.2. The number of unbranched alkanes of at least 4 members (excludes halogenated alkanes) is 2. The fourth-order valence-corrected chi connectivity index (χ4v) is 5.88. The van der Waals surface area contributed by atoms with Crippen molar-refractivity contribution < 1.29 is 27.3 Å². The Bertz CT molecular complexity index is 1980. The number of sulfonamides is 1. The van der Waals surface area contributed by atoms with E-state index in [1.54, 1.807) is 6.92 Å². The van der Waals surface area contributed by atoms with Gasteiger partial charge in [0.15, 0.2) is 11.5 Å². The number of nitrogens with two attached hydrogens (primary N) is 1. The van der Waals surface area contributed by atoms with Crippen molar-refractivity contribution in [2.75, 3.05) is 28.9 Å². The lowest BCUT2D eigenvalue weighted by Gasteiger charge is -2.09. The minimum absolute atomic E-state index is 0.00329. The second kappa shape index (κ2) is 17.2. The van der Waals surface area contributed by atoms with E-state index in [1.807, 2.05) is 24.3 Å². The number of aryl methyl sites for hydroxylation is 1. The topological polar surface area (TPSA) is 232 Å². The lowest BCUT2D eigenvalue weighted by molar-refractivity contribution is -0.121.